The number of aliphatic hydroxyl groups is 2. The van der Waals surface area contributed by atoms with Crippen LogP contribution >= 0.6 is 0 Å². The smallest absolute Gasteiger partial charge is 0.105 e. The highest BCUT2D eigenvalue weighted by atomic mass is 16.3. The van der Waals surface area contributed by atoms with Crippen molar-refractivity contribution in [3.8, 4) is 0 Å². The number of rotatable bonds is 7. The van der Waals surface area contributed by atoms with Gasteiger partial charge >= 0.3 is 0 Å². The van der Waals surface area contributed by atoms with Crippen LogP contribution in [0.2, 0.25) is 0 Å². The Morgan fingerprint density at radius 1 is 1.58 bits per heavy atom. The summed E-state index contributed by atoms with van der Waals surface area (Å²) in [5.41, 5.74) is 5.34. The van der Waals surface area contributed by atoms with Gasteiger partial charge in [0, 0.05) is 19.6 Å². The molecule has 0 aromatic heterocycles. The number of hydrogen-bond acceptors (Lipinski definition) is 5. The number of nitrogens with zero attached hydrogens (tertiary/aromatic N) is 1. The number of nitrogens with two attached hydrogens (primary N) is 1. The molecule has 5 N–H and O–H groups in total. The lowest BCUT2D eigenvalue weighted by molar-refractivity contribution is 0.0146. The lowest BCUT2D eigenvalue weighted by Crippen LogP contribution is -2.43. The highest BCUT2D eigenvalue weighted by molar-refractivity contribution is 4.57. The first kappa shape index (κ1) is 11.8. The van der Waals surface area contributed by atoms with Gasteiger partial charge in [0.05, 0.1) is 13.3 Å². The molecule has 1 atom stereocenters. The number of aliphatic hydroxyl groups excluding tert-OH is 2. The van der Waals surface area contributed by atoms with E-state index in [1.54, 1.807) is 11.8 Å². The van der Waals surface area contributed by atoms with Crippen LogP contribution in [0.25, 0.3) is 0 Å². The predicted octanol–water partition coefficient (Wildman–Crippen LogP) is -1.88. The minimum Gasteiger partial charge on any atom is -0.395 e. The van der Waals surface area contributed by atoms with Gasteiger partial charge in [0.15, 0.2) is 0 Å². The lowest BCUT2D eigenvalue weighted by atomic mass is 10.5. The fraction of sp³-hybridized carbons (Fsp3) is 1.00. The van der Waals surface area contributed by atoms with E-state index in [0.29, 0.717) is 26.3 Å². The average Bonchev–Trinajstić information content (AvgIpc) is 2.03. The first-order valence-electron chi connectivity index (χ1n) is 4.16. The van der Waals surface area contributed by atoms with Crippen molar-refractivity contribution in [3.05, 3.63) is 0 Å². The molecule has 0 bridgehead atoms. The van der Waals surface area contributed by atoms with Gasteiger partial charge in [-0.3, -0.25) is 4.90 Å². The first-order valence-corrected chi connectivity index (χ1v) is 4.16. The minimum absolute atomic E-state index is 0.107. The largest absolute Gasteiger partial charge is 0.395 e. The SMILES string of the molecule is CC(O)N(CCN)CNCCO. The van der Waals surface area contributed by atoms with Gasteiger partial charge in [0.25, 0.3) is 0 Å². The maximum absolute atomic E-state index is 9.21. The van der Waals surface area contributed by atoms with Crippen LogP contribution in [0.15, 0.2) is 0 Å². The zero-order chi connectivity index (χ0) is 9.40. The van der Waals surface area contributed by atoms with Crippen LogP contribution in [0.1, 0.15) is 6.92 Å². The van der Waals surface area contributed by atoms with Crippen molar-refractivity contribution in [2.45, 2.75) is 13.2 Å². The topological polar surface area (TPSA) is 81.8 Å². The summed E-state index contributed by atoms with van der Waals surface area (Å²) in [5.74, 6) is 0. The van der Waals surface area contributed by atoms with Crippen LogP contribution in [0, 0.1) is 0 Å². The normalized spacial score (nSPS) is 13.8. The van der Waals surface area contributed by atoms with Crippen LogP contribution in [0.3, 0.4) is 0 Å². The zero-order valence-corrected chi connectivity index (χ0v) is 7.53. The summed E-state index contributed by atoms with van der Waals surface area (Å²) in [5, 5.41) is 20.7. The van der Waals surface area contributed by atoms with Crippen LogP contribution in [0.5, 0.6) is 0 Å². The molecule has 0 rings (SSSR count). The Hall–Kier alpha value is -0.200. The molecule has 0 fully saturated rings. The van der Waals surface area contributed by atoms with E-state index in [1.165, 1.54) is 0 Å². The van der Waals surface area contributed by atoms with Gasteiger partial charge < -0.3 is 21.3 Å². The molecule has 12 heavy (non-hydrogen) atoms. The number of hydrogen-bond donors (Lipinski definition) is 4. The molecule has 0 aliphatic carbocycles. The monoisotopic (exact) mass is 177 g/mol. The van der Waals surface area contributed by atoms with Gasteiger partial charge in [-0.25, -0.2) is 0 Å². The average molecular weight is 177 g/mol. The van der Waals surface area contributed by atoms with Crippen molar-refractivity contribution < 1.29 is 10.2 Å². The standard InChI is InChI=1S/C7H19N3O2/c1-7(12)10(4-2-8)6-9-3-5-11/h7,9,11-12H,2-6,8H2,1H3. The molecular weight excluding hydrogens is 158 g/mol. The molecule has 0 saturated carbocycles. The Morgan fingerprint density at radius 3 is 2.67 bits per heavy atom. The summed E-state index contributed by atoms with van der Waals surface area (Å²) in [6.07, 6.45) is -0.500. The van der Waals surface area contributed by atoms with E-state index in [0.717, 1.165) is 0 Å². The molecular formula is C7H19N3O2. The second kappa shape index (κ2) is 7.45. The molecule has 1 unspecified atom stereocenters. The lowest BCUT2D eigenvalue weighted by Gasteiger charge is -2.24. The van der Waals surface area contributed by atoms with Crippen LogP contribution in [-0.4, -0.2) is 54.3 Å². The Labute approximate surface area is 73.2 Å². The van der Waals surface area contributed by atoms with Crippen molar-refractivity contribution in [2.75, 3.05) is 32.9 Å². The van der Waals surface area contributed by atoms with E-state index < -0.39 is 6.23 Å². The highest BCUT2D eigenvalue weighted by Crippen LogP contribution is 1.90. The van der Waals surface area contributed by atoms with E-state index in [2.05, 4.69) is 5.32 Å². The molecule has 5 heteroatoms. The summed E-state index contributed by atoms with van der Waals surface area (Å²) >= 11 is 0. The Kier molecular flexibility index (Phi) is 7.33. The van der Waals surface area contributed by atoms with Gasteiger partial charge in [0.1, 0.15) is 6.23 Å². The predicted molar refractivity (Wildman–Crippen MR) is 47.4 cm³/mol. The molecule has 5 nitrogen and oxygen atoms in total. The molecule has 0 aliphatic rings. The highest BCUT2D eigenvalue weighted by Gasteiger charge is 2.07. The van der Waals surface area contributed by atoms with E-state index in [1.807, 2.05) is 0 Å². The van der Waals surface area contributed by atoms with Crippen LogP contribution < -0.4 is 11.1 Å². The van der Waals surface area contributed by atoms with Crippen molar-refractivity contribution in [1.29, 1.82) is 0 Å². The second-order valence-electron chi connectivity index (χ2n) is 2.61. The maximum atomic E-state index is 9.21. The first-order chi connectivity index (χ1) is 5.72. The third-order valence-electron chi connectivity index (χ3n) is 1.55. The van der Waals surface area contributed by atoms with Gasteiger partial charge in [-0.2, -0.15) is 0 Å². The van der Waals surface area contributed by atoms with E-state index >= 15 is 0 Å². The molecule has 0 aliphatic heterocycles. The molecule has 0 spiro atoms. The molecule has 74 valence electrons. The second-order valence-corrected chi connectivity index (χ2v) is 2.61. The third-order valence-corrected chi connectivity index (χ3v) is 1.55. The maximum Gasteiger partial charge on any atom is 0.105 e. The van der Waals surface area contributed by atoms with E-state index in [-0.39, 0.29) is 6.61 Å². The van der Waals surface area contributed by atoms with Crippen molar-refractivity contribution >= 4 is 0 Å². The Balaban J connectivity index is 3.49. The fourth-order valence-corrected chi connectivity index (χ4v) is 0.866. The fourth-order valence-electron chi connectivity index (χ4n) is 0.866. The van der Waals surface area contributed by atoms with E-state index in [4.69, 9.17) is 10.8 Å². The molecule has 0 aromatic carbocycles. The summed E-state index contributed by atoms with van der Waals surface area (Å²) in [4.78, 5) is 1.79. The van der Waals surface area contributed by atoms with Gasteiger partial charge in [-0.05, 0) is 6.92 Å². The summed E-state index contributed by atoms with van der Waals surface area (Å²) in [6, 6.07) is 0. The molecule has 0 heterocycles. The molecule has 0 saturated heterocycles. The van der Waals surface area contributed by atoms with Gasteiger partial charge in [-0.1, -0.05) is 0 Å². The summed E-state index contributed by atoms with van der Waals surface area (Å²) < 4.78 is 0. The van der Waals surface area contributed by atoms with Crippen LogP contribution in [-0.2, 0) is 0 Å². The van der Waals surface area contributed by atoms with Gasteiger partial charge in [-0.15, -0.1) is 0 Å². The van der Waals surface area contributed by atoms with Crippen LogP contribution in [0.4, 0.5) is 0 Å². The Morgan fingerprint density at radius 2 is 2.25 bits per heavy atom. The summed E-state index contributed by atoms with van der Waals surface area (Å²) in [6.45, 7) is 4.05. The summed E-state index contributed by atoms with van der Waals surface area (Å²) in [7, 11) is 0. The molecule has 0 amide bonds. The molecule has 0 radical (unpaired) electrons. The number of nitrogens with one attached hydrogen (secondary N) is 1. The zero-order valence-electron chi connectivity index (χ0n) is 7.53. The van der Waals surface area contributed by atoms with Crippen molar-refractivity contribution in [1.82, 2.24) is 10.2 Å². The minimum atomic E-state index is -0.500. The third kappa shape index (κ3) is 5.45. The quantitative estimate of drug-likeness (QED) is 0.270. The van der Waals surface area contributed by atoms with Crippen molar-refractivity contribution in [3.63, 3.8) is 0 Å². The van der Waals surface area contributed by atoms with E-state index in [9.17, 15) is 5.11 Å². The molecule has 0 aromatic rings. The van der Waals surface area contributed by atoms with Crippen molar-refractivity contribution in [2.24, 2.45) is 5.73 Å². The van der Waals surface area contributed by atoms with Gasteiger partial charge in [0.2, 0.25) is 0 Å². The Bertz CT molecular complexity index is 101.